The summed E-state index contributed by atoms with van der Waals surface area (Å²) in [5, 5.41) is 8.10. The van der Waals surface area contributed by atoms with Crippen LogP contribution in [-0.2, 0) is 10.0 Å². The van der Waals surface area contributed by atoms with E-state index in [1.165, 1.54) is 12.3 Å². The third-order valence-corrected chi connectivity index (χ3v) is 5.06. The molecule has 1 fully saturated rings. The third kappa shape index (κ3) is 3.65. The molecule has 0 aliphatic heterocycles. The number of hydrogen-bond acceptors (Lipinski definition) is 3. The van der Waals surface area contributed by atoms with Gasteiger partial charge in [-0.3, -0.25) is 4.79 Å². The SMILES string of the molecule is CCC(C)C(C)NC(=O)c1cc(S(N)(=O)=O)cn1C1CC1. The number of amides is 1. The summed E-state index contributed by atoms with van der Waals surface area (Å²) < 4.78 is 24.7. The lowest BCUT2D eigenvalue weighted by molar-refractivity contribution is 0.0918. The summed E-state index contributed by atoms with van der Waals surface area (Å²) in [6.07, 6.45) is 4.35. The number of sulfonamides is 1. The minimum atomic E-state index is -3.79. The van der Waals surface area contributed by atoms with E-state index in [0.717, 1.165) is 19.3 Å². The molecule has 118 valence electrons. The lowest BCUT2D eigenvalue weighted by Gasteiger charge is -2.20. The Morgan fingerprint density at radius 1 is 1.48 bits per heavy atom. The molecule has 0 radical (unpaired) electrons. The van der Waals surface area contributed by atoms with Crippen molar-refractivity contribution in [1.29, 1.82) is 0 Å². The van der Waals surface area contributed by atoms with Crippen molar-refractivity contribution in [1.82, 2.24) is 9.88 Å². The van der Waals surface area contributed by atoms with Crippen LogP contribution in [0.25, 0.3) is 0 Å². The quantitative estimate of drug-likeness (QED) is 0.836. The number of rotatable bonds is 6. The zero-order valence-electron chi connectivity index (χ0n) is 12.7. The Morgan fingerprint density at radius 2 is 2.10 bits per heavy atom. The average Bonchev–Trinajstić information content (AvgIpc) is 3.14. The van der Waals surface area contributed by atoms with Crippen molar-refractivity contribution in [2.45, 2.75) is 57.0 Å². The highest BCUT2D eigenvalue weighted by Crippen LogP contribution is 2.37. The van der Waals surface area contributed by atoms with Crippen LogP contribution in [0.2, 0.25) is 0 Å². The maximum atomic E-state index is 12.4. The van der Waals surface area contributed by atoms with Crippen LogP contribution < -0.4 is 10.5 Å². The van der Waals surface area contributed by atoms with Crippen molar-refractivity contribution < 1.29 is 13.2 Å². The number of nitrogens with two attached hydrogens (primary N) is 1. The van der Waals surface area contributed by atoms with Crippen LogP contribution in [-0.4, -0.2) is 24.9 Å². The molecule has 1 saturated carbocycles. The number of carbonyl (C=O) groups excluding carboxylic acids is 1. The monoisotopic (exact) mass is 313 g/mol. The molecular weight excluding hydrogens is 290 g/mol. The molecule has 1 aromatic rings. The van der Waals surface area contributed by atoms with E-state index < -0.39 is 10.0 Å². The van der Waals surface area contributed by atoms with Gasteiger partial charge >= 0.3 is 0 Å². The molecule has 2 atom stereocenters. The minimum absolute atomic E-state index is 0.00394. The molecular formula is C14H23N3O3S. The highest BCUT2D eigenvalue weighted by Gasteiger charge is 2.30. The van der Waals surface area contributed by atoms with Gasteiger partial charge in [0.1, 0.15) is 10.6 Å². The first-order chi connectivity index (χ1) is 9.74. The van der Waals surface area contributed by atoms with E-state index in [4.69, 9.17) is 5.14 Å². The zero-order valence-corrected chi connectivity index (χ0v) is 13.5. The average molecular weight is 313 g/mol. The fraction of sp³-hybridized carbons (Fsp3) is 0.643. The van der Waals surface area contributed by atoms with Crippen LogP contribution in [0.5, 0.6) is 0 Å². The van der Waals surface area contributed by atoms with E-state index in [9.17, 15) is 13.2 Å². The molecule has 21 heavy (non-hydrogen) atoms. The summed E-state index contributed by atoms with van der Waals surface area (Å²) in [5.74, 6) is 0.112. The molecule has 0 aromatic carbocycles. The molecule has 1 aliphatic rings. The van der Waals surface area contributed by atoms with Gasteiger partial charge in [0.05, 0.1) is 0 Å². The molecule has 1 amide bonds. The molecule has 1 heterocycles. The number of carbonyl (C=O) groups is 1. The van der Waals surface area contributed by atoms with Crippen LogP contribution in [0.3, 0.4) is 0 Å². The molecule has 0 bridgehead atoms. The van der Waals surface area contributed by atoms with Gasteiger partial charge in [-0.25, -0.2) is 13.6 Å². The van der Waals surface area contributed by atoms with Crippen LogP contribution >= 0.6 is 0 Å². The second-order valence-corrected chi connectivity index (χ2v) is 7.45. The van der Waals surface area contributed by atoms with Crippen LogP contribution in [0, 0.1) is 5.92 Å². The molecule has 2 rings (SSSR count). The lowest BCUT2D eigenvalue weighted by atomic mass is 10.0. The molecule has 3 N–H and O–H groups in total. The largest absolute Gasteiger partial charge is 0.348 e. The fourth-order valence-electron chi connectivity index (χ4n) is 2.22. The predicted octanol–water partition coefficient (Wildman–Crippen LogP) is 1.63. The second kappa shape index (κ2) is 5.81. The van der Waals surface area contributed by atoms with E-state index in [2.05, 4.69) is 19.2 Å². The van der Waals surface area contributed by atoms with Crippen molar-refractivity contribution in [3.8, 4) is 0 Å². The van der Waals surface area contributed by atoms with Gasteiger partial charge in [0.15, 0.2) is 0 Å². The van der Waals surface area contributed by atoms with Crippen molar-refractivity contribution in [3.63, 3.8) is 0 Å². The molecule has 6 nitrogen and oxygen atoms in total. The van der Waals surface area contributed by atoms with E-state index in [1.807, 2.05) is 6.92 Å². The first-order valence-corrected chi connectivity index (χ1v) is 8.84. The van der Waals surface area contributed by atoms with Gasteiger partial charge in [-0.05, 0) is 31.7 Å². The smallest absolute Gasteiger partial charge is 0.268 e. The molecule has 1 aromatic heterocycles. The van der Waals surface area contributed by atoms with Gasteiger partial charge in [-0.2, -0.15) is 0 Å². The second-order valence-electron chi connectivity index (χ2n) is 5.89. The summed E-state index contributed by atoms with van der Waals surface area (Å²) >= 11 is 0. The fourth-order valence-corrected chi connectivity index (χ4v) is 2.76. The Labute approximate surface area is 125 Å². The van der Waals surface area contributed by atoms with Crippen LogP contribution in [0.1, 0.15) is 56.6 Å². The Kier molecular flexibility index (Phi) is 4.43. The first-order valence-electron chi connectivity index (χ1n) is 7.29. The van der Waals surface area contributed by atoms with Gasteiger partial charge in [0.25, 0.3) is 5.91 Å². The maximum Gasteiger partial charge on any atom is 0.268 e. The van der Waals surface area contributed by atoms with Gasteiger partial charge in [0, 0.05) is 18.3 Å². The lowest BCUT2D eigenvalue weighted by Crippen LogP contribution is -2.37. The minimum Gasteiger partial charge on any atom is -0.348 e. The molecule has 1 aliphatic carbocycles. The summed E-state index contributed by atoms with van der Waals surface area (Å²) in [6.45, 7) is 6.09. The van der Waals surface area contributed by atoms with Crippen LogP contribution in [0.4, 0.5) is 0 Å². The van der Waals surface area contributed by atoms with Crippen molar-refractivity contribution >= 4 is 15.9 Å². The van der Waals surface area contributed by atoms with Crippen molar-refractivity contribution in [2.24, 2.45) is 11.1 Å². The predicted molar refractivity (Wildman–Crippen MR) is 80.5 cm³/mol. The number of hydrogen-bond donors (Lipinski definition) is 2. The number of nitrogens with zero attached hydrogens (tertiary/aromatic N) is 1. The van der Waals surface area contributed by atoms with E-state index in [-0.39, 0.29) is 22.9 Å². The van der Waals surface area contributed by atoms with Crippen molar-refractivity contribution in [2.75, 3.05) is 0 Å². The number of aromatic nitrogens is 1. The van der Waals surface area contributed by atoms with Gasteiger partial charge in [-0.1, -0.05) is 20.3 Å². The normalized spacial score (nSPS) is 18.3. The maximum absolute atomic E-state index is 12.4. The van der Waals surface area contributed by atoms with Crippen molar-refractivity contribution in [3.05, 3.63) is 18.0 Å². The van der Waals surface area contributed by atoms with E-state index in [1.54, 1.807) is 4.57 Å². The Balaban J connectivity index is 2.26. The molecule has 7 heteroatoms. The van der Waals surface area contributed by atoms with Gasteiger partial charge < -0.3 is 9.88 Å². The first kappa shape index (κ1) is 16.0. The van der Waals surface area contributed by atoms with Gasteiger partial charge in [0.2, 0.25) is 10.0 Å². The Morgan fingerprint density at radius 3 is 2.57 bits per heavy atom. The highest BCUT2D eigenvalue weighted by atomic mass is 32.2. The van der Waals surface area contributed by atoms with Gasteiger partial charge in [-0.15, -0.1) is 0 Å². The molecule has 0 saturated heterocycles. The Hall–Kier alpha value is -1.34. The summed E-state index contributed by atoms with van der Waals surface area (Å²) in [5.41, 5.74) is 0.372. The topological polar surface area (TPSA) is 94.2 Å². The molecule has 0 spiro atoms. The number of nitrogens with one attached hydrogen (secondary N) is 1. The zero-order chi connectivity index (χ0) is 15.8. The Bertz CT molecular complexity index is 632. The van der Waals surface area contributed by atoms with Crippen LogP contribution in [0.15, 0.2) is 17.2 Å². The molecule has 2 unspecified atom stereocenters. The standard InChI is InChI=1S/C14H23N3O3S/c1-4-9(2)10(3)16-14(18)13-7-12(21(15,19)20)8-17(13)11-5-6-11/h7-11H,4-6H2,1-3H3,(H,16,18)(H2,15,19,20). The van der Waals surface area contributed by atoms with E-state index >= 15 is 0 Å². The number of primary sulfonamides is 1. The summed E-state index contributed by atoms with van der Waals surface area (Å²) in [4.78, 5) is 12.4. The summed E-state index contributed by atoms with van der Waals surface area (Å²) in [7, 11) is -3.79. The van der Waals surface area contributed by atoms with E-state index in [0.29, 0.717) is 11.6 Å². The summed E-state index contributed by atoms with van der Waals surface area (Å²) in [6, 6.07) is 1.61. The highest BCUT2D eigenvalue weighted by molar-refractivity contribution is 7.89. The third-order valence-electron chi connectivity index (χ3n) is 4.18.